The lowest BCUT2D eigenvalue weighted by Crippen LogP contribution is -2.41. The van der Waals surface area contributed by atoms with E-state index >= 15 is 0 Å². The first-order valence-corrected chi connectivity index (χ1v) is 6.30. The van der Waals surface area contributed by atoms with Gasteiger partial charge < -0.3 is 15.0 Å². The Morgan fingerprint density at radius 3 is 3.05 bits per heavy atom. The summed E-state index contributed by atoms with van der Waals surface area (Å²) in [7, 11) is 1.69. The summed E-state index contributed by atoms with van der Waals surface area (Å²) in [5.41, 5.74) is 1.14. The second-order valence-corrected chi connectivity index (χ2v) is 4.48. The number of carbonyl (C=O) groups is 1. The number of nitriles is 1. The number of benzene rings is 1. The van der Waals surface area contributed by atoms with Crippen LogP contribution in [0.25, 0.3) is 0 Å². The van der Waals surface area contributed by atoms with E-state index in [0.717, 1.165) is 6.54 Å². The van der Waals surface area contributed by atoms with E-state index in [1.54, 1.807) is 25.2 Å². The van der Waals surface area contributed by atoms with E-state index in [1.165, 1.54) is 4.90 Å². The van der Waals surface area contributed by atoms with Gasteiger partial charge in [0.15, 0.2) is 0 Å². The molecule has 5 nitrogen and oxygen atoms in total. The molecule has 0 bridgehead atoms. The van der Waals surface area contributed by atoms with Crippen LogP contribution in [0.4, 0.5) is 5.69 Å². The monoisotopic (exact) mass is 259 g/mol. The molecule has 1 aromatic carbocycles. The average molecular weight is 259 g/mol. The van der Waals surface area contributed by atoms with Crippen LogP contribution in [0.1, 0.15) is 12.0 Å². The lowest BCUT2D eigenvalue weighted by molar-refractivity contribution is -0.121. The number of para-hydroxylation sites is 1. The summed E-state index contributed by atoms with van der Waals surface area (Å²) in [4.78, 5) is 13.7. The van der Waals surface area contributed by atoms with E-state index in [2.05, 4.69) is 11.4 Å². The van der Waals surface area contributed by atoms with Crippen LogP contribution in [0.5, 0.6) is 0 Å². The molecule has 100 valence electrons. The Bertz CT molecular complexity index is 490. The quantitative estimate of drug-likeness (QED) is 0.876. The van der Waals surface area contributed by atoms with E-state index in [-0.39, 0.29) is 12.0 Å². The molecule has 2 rings (SSSR count). The Balaban J connectivity index is 2.04. The maximum Gasteiger partial charge on any atom is 0.229 e. The van der Waals surface area contributed by atoms with Crippen molar-refractivity contribution >= 4 is 11.6 Å². The highest BCUT2D eigenvalue weighted by molar-refractivity contribution is 5.94. The fourth-order valence-corrected chi connectivity index (χ4v) is 2.08. The van der Waals surface area contributed by atoms with E-state index in [4.69, 9.17) is 10.00 Å². The number of rotatable bonds is 3. The van der Waals surface area contributed by atoms with Crippen molar-refractivity contribution in [3.8, 4) is 6.07 Å². The summed E-state index contributed by atoms with van der Waals surface area (Å²) in [5.74, 6) is -0.0450. The highest BCUT2D eigenvalue weighted by Gasteiger charge is 2.21. The minimum Gasteiger partial charge on any atom is -0.375 e. The number of nitrogens with zero attached hydrogens (tertiary/aromatic N) is 2. The summed E-state index contributed by atoms with van der Waals surface area (Å²) in [6.07, 6.45) is 0.237. The van der Waals surface area contributed by atoms with Crippen molar-refractivity contribution in [1.82, 2.24) is 5.32 Å². The van der Waals surface area contributed by atoms with Crippen molar-refractivity contribution in [3.05, 3.63) is 29.8 Å². The van der Waals surface area contributed by atoms with Gasteiger partial charge in [-0.25, -0.2) is 0 Å². The Labute approximate surface area is 112 Å². The van der Waals surface area contributed by atoms with Crippen molar-refractivity contribution in [2.24, 2.45) is 0 Å². The highest BCUT2D eigenvalue weighted by atomic mass is 16.5. The number of anilines is 1. The van der Waals surface area contributed by atoms with Gasteiger partial charge in [0.1, 0.15) is 6.07 Å². The van der Waals surface area contributed by atoms with Gasteiger partial charge in [0.25, 0.3) is 0 Å². The molecular formula is C14H17N3O2. The maximum absolute atomic E-state index is 12.2. The summed E-state index contributed by atoms with van der Waals surface area (Å²) >= 11 is 0. The Hall–Kier alpha value is -1.90. The van der Waals surface area contributed by atoms with Gasteiger partial charge in [-0.15, -0.1) is 0 Å². The Morgan fingerprint density at radius 2 is 2.37 bits per heavy atom. The lowest BCUT2D eigenvalue weighted by Gasteiger charge is -2.25. The third-order valence-electron chi connectivity index (χ3n) is 3.17. The second kappa shape index (κ2) is 6.32. The molecule has 0 aromatic heterocycles. The zero-order chi connectivity index (χ0) is 13.7. The van der Waals surface area contributed by atoms with Crippen LogP contribution in [0.2, 0.25) is 0 Å². The van der Waals surface area contributed by atoms with E-state index in [0.29, 0.717) is 30.8 Å². The van der Waals surface area contributed by atoms with Crippen LogP contribution in [-0.4, -0.2) is 38.8 Å². The van der Waals surface area contributed by atoms with Crippen molar-refractivity contribution < 1.29 is 9.53 Å². The first kappa shape index (κ1) is 13.5. The Kier molecular flexibility index (Phi) is 4.50. The van der Waals surface area contributed by atoms with Crippen LogP contribution in [0.3, 0.4) is 0 Å². The molecule has 0 aliphatic carbocycles. The number of carbonyl (C=O) groups excluding carboxylic acids is 1. The normalized spacial score (nSPS) is 18.6. The average Bonchev–Trinajstić information content (AvgIpc) is 2.47. The number of morpholine rings is 1. The third kappa shape index (κ3) is 3.31. The fraction of sp³-hybridized carbons (Fsp3) is 0.429. The highest BCUT2D eigenvalue weighted by Crippen LogP contribution is 2.19. The van der Waals surface area contributed by atoms with Gasteiger partial charge in [0.05, 0.1) is 30.4 Å². The smallest absolute Gasteiger partial charge is 0.229 e. The molecule has 1 saturated heterocycles. The van der Waals surface area contributed by atoms with Crippen molar-refractivity contribution in [2.75, 3.05) is 31.6 Å². The third-order valence-corrected chi connectivity index (χ3v) is 3.17. The van der Waals surface area contributed by atoms with Gasteiger partial charge in [0, 0.05) is 20.1 Å². The van der Waals surface area contributed by atoms with Crippen LogP contribution in [0.15, 0.2) is 24.3 Å². The summed E-state index contributed by atoms with van der Waals surface area (Å²) in [6.45, 7) is 2.16. The minimum absolute atomic E-state index is 0.0450. The van der Waals surface area contributed by atoms with Crippen molar-refractivity contribution in [1.29, 1.82) is 5.26 Å². The van der Waals surface area contributed by atoms with Crippen molar-refractivity contribution in [3.63, 3.8) is 0 Å². The fourth-order valence-electron chi connectivity index (χ4n) is 2.08. The topological polar surface area (TPSA) is 65.4 Å². The SMILES string of the molecule is CN(C(=O)CC1CNCCO1)c1ccccc1C#N. The molecule has 1 unspecified atom stereocenters. The Morgan fingerprint density at radius 1 is 1.58 bits per heavy atom. The molecular weight excluding hydrogens is 242 g/mol. The van der Waals surface area contributed by atoms with Gasteiger partial charge in [-0.05, 0) is 12.1 Å². The van der Waals surface area contributed by atoms with E-state index in [1.807, 2.05) is 6.07 Å². The molecule has 5 heteroatoms. The zero-order valence-electron chi connectivity index (χ0n) is 10.9. The number of ether oxygens (including phenoxy) is 1. The molecule has 0 radical (unpaired) electrons. The van der Waals surface area contributed by atoms with Gasteiger partial charge in [-0.1, -0.05) is 12.1 Å². The zero-order valence-corrected chi connectivity index (χ0v) is 10.9. The van der Waals surface area contributed by atoms with Crippen LogP contribution >= 0.6 is 0 Å². The molecule has 1 aliphatic rings. The van der Waals surface area contributed by atoms with Crippen LogP contribution in [0, 0.1) is 11.3 Å². The standard InChI is InChI=1S/C14H17N3O2/c1-17(13-5-3-2-4-11(13)9-15)14(18)8-12-10-16-6-7-19-12/h2-5,12,16H,6-8,10H2,1H3. The largest absolute Gasteiger partial charge is 0.375 e. The number of nitrogens with one attached hydrogen (secondary N) is 1. The molecule has 1 aliphatic heterocycles. The molecule has 19 heavy (non-hydrogen) atoms. The first-order chi connectivity index (χ1) is 9.22. The molecule has 1 N–H and O–H groups in total. The molecule has 1 amide bonds. The summed E-state index contributed by atoms with van der Waals surface area (Å²) in [6, 6.07) is 9.18. The van der Waals surface area contributed by atoms with Crippen molar-refractivity contribution in [2.45, 2.75) is 12.5 Å². The summed E-state index contributed by atoms with van der Waals surface area (Å²) in [5, 5.41) is 12.2. The van der Waals surface area contributed by atoms with E-state index in [9.17, 15) is 4.79 Å². The molecule has 0 saturated carbocycles. The predicted octanol–water partition coefficient (Wildman–Crippen LogP) is 0.900. The maximum atomic E-state index is 12.2. The van der Waals surface area contributed by atoms with Gasteiger partial charge in [-0.3, -0.25) is 4.79 Å². The first-order valence-electron chi connectivity index (χ1n) is 6.30. The van der Waals surface area contributed by atoms with Crippen LogP contribution in [-0.2, 0) is 9.53 Å². The molecule has 1 aromatic rings. The number of amides is 1. The van der Waals surface area contributed by atoms with Crippen LogP contribution < -0.4 is 10.2 Å². The minimum atomic E-state index is -0.0852. The number of hydrogen-bond donors (Lipinski definition) is 1. The molecule has 0 spiro atoms. The van der Waals surface area contributed by atoms with Gasteiger partial charge in [-0.2, -0.15) is 5.26 Å². The molecule has 1 atom stereocenters. The second-order valence-electron chi connectivity index (χ2n) is 4.48. The lowest BCUT2D eigenvalue weighted by atomic mass is 10.1. The summed E-state index contributed by atoms with van der Waals surface area (Å²) < 4.78 is 5.52. The van der Waals surface area contributed by atoms with Gasteiger partial charge in [0.2, 0.25) is 5.91 Å². The van der Waals surface area contributed by atoms with Gasteiger partial charge >= 0.3 is 0 Å². The molecule has 1 fully saturated rings. The predicted molar refractivity (Wildman–Crippen MR) is 71.8 cm³/mol. The van der Waals surface area contributed by atoms with E-state index < -0.39 is 0 Å². The molecule has 1 heterocycles. The number of hydrogen-bond acceptors (Lipinski definition) is 4.